The van der Waals surface area contributed by atoms with Crippen molar-refractivity contribution in [3.63, 3.8) is 0 Å². The average Bonchev–Trinajstić information content (AvgIpc) is 2.76. The van der Waals surface area contributed by atoms with Gasteiger partial charge in [0.25, 0.3) is 0 Å². The molecule has 0 radical (unpaired) electrons. The Morgan fingerprint density at radius 1 is 1.44 bits per heavy atom. The molecule has 4 heteroatoms. The van der Waals surface area contributed by atoms with Gasteiger partial charge in [-0.1, -0.05) is 0 Å². The lowest BCUT2D eigenvalue weighted by atomic mass is 10.1. The van der Waals surface area contributed by atoms with Gasteiger partial charge in [-0.2, -0.15) is 0 Å². The number of likely N-dealkylation sites (N-methyl/N-ethyl adjacent to an activating group) is 1. The summed E-state index contributed by atoms with van der Waals surface area (Å²) in [6, 6.07) is 6.69. The van der Waals surface area contributed by atoms with Crippen molar-refractivity contribution in [3.05, 3.63) is 29.8 Å². The molecule has 0 spiro atoms. The average molecular weight is 249 g/mol. The minimum Gasteiger partial charge on any atom is -0.508 e. The molecule has 4 nitrogen and oxygen atoms in total. The van der Waals surface area contributed by atoms with Crippen LogP contribution in [0.25, 0.3) is 0 Å². The molecule has 2 rings (SSSR count). The highest BCUT2D eigenvalue weighted by molar-refractivity contribution is 5.97. The SMILES string of the molecule is CC1OCCC1N(C)CC(=O)c1ccc(O)cc1. The van der Waals surface area contributed by atoms with Gasteiger partial charge >= 0.3 is 0 Å². The lowest BCUT2D eigenvalue weighted by Gasteiger charge is -2.25. The van der Waals surface area contributed by atoms with Crippen LogP contribution < -0.4 is 0 Å². The van der Waals surface area contributed by atoms with E-state index in [1.807, 2.05) is 18.9 Å². The molecule has 1 aliphatic rings. The van der Waals surface area contributed by atoms with Gasteiger partial charge in [0.15, 0.2) is 5.78 Å². The van der Waals surface area contributed by atoms with Gasteiger partial charge in [-0.05, 0) is 44.7 Å². The van der Waals surface area contributed by atoms with Crippen LogP contribution in [0.3, 0.4) is 0 Å². The number of ketones is 1. The molecule has 0 bridgehead atoms. The Kier molecular flexibility index (Phi) is 3.99. The van der Waals surface area contributed by atoms with Gasteiger partial charge in [-0.15, -0.1) is 0 Å². The highest BCUT2D eigenvalue weighted by atomic mass is 16.5. The van der Waals surface area contributed by atoms with E-state index < -0.39 is 0 Å². The molecule has 1 saturated heterocycles. The molecule has 1 heterocycles. The van der Waals surface area contributed by atoms with Crippen LogP contribution >= 0.6 is 0 Å². The fraction of sp³-hybridized carbons (Fsp3) is 0.500. The van der Waals surface area contributed by atoms with Gasteiger partial charge in [0.1, 0.15) is 5.75 Å². The molecule has 0 amide bonds. The summed E-state index contributed by atoms with van der Waals surface area (Å²) in [5.74, 6) is 0.245. The molecule has 2 unspecified atom stereocenters. The minimum atomic E-state index is 0.0663. The van der Waals surface area contributed by atoms with Crippen LogP contribution in [0.15, 0.2) is 24.3 Å². The Bertz CT molecular complexity index is 416. The monoisotopic (exact) mass is 249 g/mol. The third-order valence-corrected chi connectivity index (χ3v) is 3.48. The number of hydrogen-bond donors (Lipinski definition) is 1. The Morgan fingerprint density at radius 2 is 2.11 bits per heavy atom. The highest BCUT2D eigenvalue weighted by Crippen LogP contribution is 2.18. The number of aromatic hydroxyl groups is 1. The molecule has 1 N–H and O–H groups in total. The van der Waals surface area contributed by atoms with Crippen LogP contribution in [0.1, 0.15) is 23.7 Å². The molecule has 0 saturated carbocycles. The predicted molar refractivity (Wildman–Crippen MR) is 68.9 cm³/mol. The number of ether oxygens (including phenoxy) is 1. The number of phenols is 1. The van der Waals surface area contributed by atoms with E-state index in [4.69, 9.17) is 4.74 Å². The van der Waals surface area contributed by atoms with E-state index in [1.165, 1.54) is 12.1 Å². The summed E-state index contributed by atoms with van der Waals surface area (Å²) in [5.41, 5.74) is 0.631. The van der Waals surface area contributed by atoms with Gasteiger partial charge in [0.05, 0.1) is 12.6 Å². The quantitative estimate of drug-likeness (QED) is 0.825. The first-order chi connectivity index (χ1) is 8.58. The van der Waals surface area contributed by atoms with Crippen LogP contribution in [0.4, 0.5) is 0 Å². The molecule has 98 valence electrons. The van der Waals surface area contributed by atoms with Crippen molar-refractivity contribution in [1.82, 2.24) is 4.90 Å². The summed E-state index contributed by atoms with van der Waals surface area (Å²) in [7, 11) is 1.95. The number of nitrogens with zero attached hydrogens (tertiary/aromatic N) is 1. The predicted octanol–water partition coefficient (Wildman–Crippen LogP) is 1.68. The molecule has 1 aromatic rings. The third-order valence-electron chi connectivity index (χ3n) is 3.48. The summed E-state index contributed by atoms with van der Waals surface area (Å²) < 4.78 is 5.50. The first-order valence-corrected chi connectivity index (χ1v) is 6.22. The number of carbonyl (C=O) groups is 1. The summed E-state index contributed by atoms with van der Waals surface area (Å²) in [4.78, 5) is 14.1. The van der Waals surface area contributed by atoms with Gasteiger partial charge in [0.2, 0.25) is 0 Å². The number of hydrogen-bond acceptors (Lipinski definition) is 4. The first kappa shape index (κ1) is 13.1. The van der Waals surface area contributed by atoms with E-state index in [-0.39, 0.29) is 17.6 Å². The van der Waals surface area contributed by atoms with Crippen LogP contribution in [0.2, 0.25) is 0 Å². The van der Waals surface area contributed by atoms with Crippen LogP contribution in [-0.2, 0) is 4.74 Å². The van der Waals surface area contributed by atoms with Gasteiger partial charge in [-0.25, -0.2) is 0 Å². The van der Waals surface area contributed by atoms with Gasteiger partial charge in [0, 0.05) is 18.2 Å². The topological polar surface area (TPSA) is 49.8 Å². The largest absolute Gasteiger partial charge is 0.508 e. The Labute approximate surface area is 107 Å². The second-order valence-corrected chi connectivity index (χ2v) is 4.82. The zero-order valence-corrected chi connectivity index (χ0v) is 10.8. The summed E-state index contributed by atoms with van der Waals surface area (Å²) in [6.07, 6.45) is 1.16. The molecular formula is C14H19NO3. The number of rotatable bonds is 4. The van der Waals surface area contributed by atoms with E-state index in [9.17, 15) is 9.90 Å². The molecule has 1 aromatic carbocycles. The molecule has 1 aliphatic heterocycles. The molecule has 2 atom stereocenters. The van der Waals surface area contributed by atoms with Crippen molar-refractivity contribution >= 4 is 5.78 Å². The summed E-state index contributed by atoms with van der Waals surface area (Å²) >= 11 is 0. The highest BCUT2D eigenvalue weighted by Gasteiger charge is 2.28. The number of Topliss-reactive ketones (excluding diaryl/α,β-unsaturated/α-hetero) is 1. The standard InChI is InChI=1S/C14H19NO3/c1-10-13(7-8-18-10)15(2)9-14(17)11-3-5-12(16)6-4-11/h3-6,10,13,16H,7-9H2,1-2H3. The molecule has 18 heavy (non-hydrogen) atoms. The molecular weight excluding hydrogens is 230 g/mol. The van der Waals surface area contributed by atoms with E-state index in [1.54, 1.807) is 12.1 Å². The van der Waals surface area contributed by atoms with E-state index in [0.717, 1.165) is 13.0 Å². The lowest BCUT2D eigenvalue weighted by molar-refractivity contribution is 0.0746. The zero-order chi connectivity index (χ0) is 13.1. The van der Waals surface area contributed by atoms with Crippen LogP contribution in [-0.4, -0.2) is 48.1 Å². The molecule has 1 fully saturated rings. The van der Waals surface area contributed by atoms with Crippen LogP contribution in [0.5, 0.6) is 5.75 Å². The van der Waals surface area contributed by atoms with Crippen LogP contribution in [0, 0.1) is 0 Å². The van der Waals surface area contributed by atoms with E-state index in [0.29, 0.717) is 18.2 Å². The Morgan fingerprint density at radius 3 is 2.67 bits per heavy atom. The van der Waals surface area contributed by atoms with Gasteiger partial charge in [-0.3, -0.25) is 9.69 Å². The fourth-order valence-electron chi connectivity index (χ4n) is 2.38. The maximum Gasteiger partial charge on any atom is 0.176 e. The number of phenolic OH excluding ortho intramolecular Hbond substituents is 1. The Balaban J connectivity index is 1.96. The normalized spacial score (nSPS) is 23.5. The summed E-state index contributed by atoms with van der Waals surface area (Å²) in [6.45, 7) is 3.19. The van der Waals surface area contributed by atoms with Gasteiger partial charge < -0.3 is 9.84 Å². The van der Waals surface area contributed by atoms with Crippen molar-refractivity contribution in [3.8, 4) is 5.75 Å². The van der Waals surface area contributed by atoms with Crippen molar-refractivity contribution < 1.29 is 14.6 Å². The lowest BCUT2D eigenvalue weighted by Crippen LogP contribution is -2.39. The third kappa shape index (κ3) is 2.89. The molecule has 0 aliphatic carbocycles. The maximum atomic E-state index is 12.1. The second-order valence-electron chi connectivity index (χ2n) is 4.82. The minimum absolute atomic E-state index is 0.0663. The zero-order valence-electron chi connectivity index (χ0n) is 10.8. The summed E-state index contributed by atoms with van der Waals surface area (Å²) in [5, 5.41) is 9.19. The fourth-order valence-corrected chi connectivity index (χ4v) is 2.38. The van der Waals surface area contributed by atoms with E-state index in [2.05, 4.69) is 0 Å². The smallest absolute Gasteiger partial charge is 0.176 e. The first-order valence-electron chi connectivity index (χ1n) is 6.22. The number of benzene rings is 1. The second kappa shape index (κ2) is 5.50. The van der Waals surface area contributed by atoms with Crippen molar-refractivity contribution in [1.29, 1.82) is 0 Å². The maximum absolute atomic E-state index is 12.1. The van der Waals surface area contributed by atoms with Crippen molar-refractivity contribution in [2.45, 2.75) is 25.5 Å². The Hall–Kier alpha value is -1.39. The molecule has 0 aromatic heterocycles. The van der Waals surface area contributed by atoms with E-state index >= 15 is 0 Å². The number of carbonyl (C=O) groups excluding carboxylic acids is 1. The van der Waals surface area contributed by atoms with Crippen molar-refractivity contribution in [2.24, 2.45) is 0 Å². The van der Waals surface area contributed by atoms with Crippen molar-refractivity contribution in [2.75, 3.05) is 20.2 Å².